The monoisotopic (exact) mass is 439 g/mol. The number of nitrogen functional groups attached to an aromatic ring is 1. The Morgan fingerprint density at radius 2 is 1.97 bits per heavy atom. The molecule has 0 amide bonds. The van der Waals surface area contributed by atoms with Gasteiger partial charge in [-0.2, -0.15) is 13.2 Å². The van der Waals surface area contributed by atoms with Gasteiger partial charge in [-0.3, -0.25) is 4.57 Å². The lowest BCUT2D eigenvalue weighted by Gasteiger charge is -2.38. The van der Waals surface area contributed by atoms with Crippen molar-refractivity contribution in [3.8, 4) is 0 Å². The van der Waals surface area contributed by atoms with Crippen molar-refractivity contribution in [2.24, 2.45) is 0 Å². The summed E-state index contributed by atoms with van der Waals surface area (Å²) in [6.07, 6.45) is -5.43. The molecule has 1 aliphatic rings. The molecule has 4 unspecified atom stereocenters. The van der Waals surface area contributed by atoms with Crippen LogP contribution in [0.15, 0.2) is 12.1 Å². The number of hydrogen-bond acceptors (Lipinski definition) is 6. The van der Waals surface area contributed by atoms with Gasteiger partial charge in [0, 0.05) is 13.1 Å². The zero-order chi connectivity index (χ0) is 22.0. The third-order valence-electron chi connectivity index (χ3n) is 4.62. The number of rotatable bonds is 7. The molecular weight excluding hydrogens is 410 g/mol. The number of nitrogens with two attached hydrogens (primary N) is 1. The molecule has 166 valence electrons. The maximum atomic E-state index is 13.6. The van der Waals surface area contributed by atoms with E-state index in [0.717, 1.165) is 6.07 Å². The summed E-state index contributed by atoms with van der Waals surface area (Å²) in [6.45, 7) is 7.62. The van der Waals surface area contributed by atoms with E-state index in [1.54, 1.807) is 25.7 Å². The second-order valence-electron chi connectivity index (χ2n) is 7.41. The van der Waals surface area contributed by atoms with E-state index in [0.29, 0.717) is 6.42 Å². The molecule has 0 spiro atoms. The Morgan fingerprint density at radius 3 is 2.48 bits per heavy atom. The number of nitrogens with one attached hydrogen (secondary N) is 1. The lowest BCUT2D eigenvalue weighted by atomic mass is 10.1. The third-order valence-corrected chi connectivity index (χ3v) is 5.87. The number of ether oxygens (including phenoxy) is 1. The summed E-state index contributed by atoms with van der Waals surface area (Å²) < 4.78 is 63.8. The predicted molar refractivity (Wildman–Crippen MR) is 107 cm³/mol. The van der Waals surface area contributed by atoms with Gasteiger partial charge < -0.3 is 30.1 Å². The van der Waals surface area contributed by atoms with Crippen molar-refractivity contribution in [2.45, 2.75) is 58.6 Å². The lowest BCUT2D eigenvalue weighted by molar-refractivity contribution is -0.137. The van der Waals surface area contributed by atoms with Crippen molar-refractivity contribution in [1.29, 1.82) is 0 Å². The smallest absolute Gasteiger partial charge is 0.397 e. The first-order valence-corrected chi connectivity index (χ1v) is 11.2. The number of alkyl halides is 3. The average molecular weight is 439 g/mol. The van der Waals surface area contributed by atoms with E-state index in [9.17, 15) is 22.6 Å². The van der Waals surface area contributed by atoms with Crippen LogP contribution in [0.3, 0.4) is 0 Å². The molecule has 1 saturated heterocycles. The Bertz CT molecular complexity index is 753. The van der Waals surface area contributed by atoms with Crippen LogP contribution in [0.1, 0.15) is 39.7 Å². The molecule has 7 nitrogen and oxygen atoms in total. The number of hydrogen-bond donors (Lipinski definition) is 3. The summed E-state index contributed by atoms with van der Waals surface area (Å²) >= 11 is 0. The minimum atomic E-state index is -4.60. The Labute approximate surface area is 168 Å². The predicted octanol–water partition coefficient (Wildman–Crippen LogP) is 4.27. The third kappa shape index (κ3) is 6.50. The Balaban J connectivity index is 2.34. The number of nitrogens with zero attached hydrogens (tertiary/aromatic N) is 1. The minimum Gasteiger partial charge on any atom is -0.397 e. The summed E-state index contributed by atoms with van der Waals surface area (Å²) in [6, 6.07) is 2.12. The summed E-state index contributed by atoms with van der Waals surface area (Å²) in [7, 11) is -3.98. The van der Waals surface area contributed by atoms with Gasteiger partial charge in [0.05, 0.1) is 40.9 Å². The summed E-state index contributed by atoms with van der Waals surface area (Å²) in [5.41, 5.74) is 4.88. The Hall–Kier alpha value is -1.48. The van der Waals surface area contributed by atoms with Crippen molar-refractivity contribution < 1.29 is 31.9 Å². The lowest BCUT2D eigenvalue weighted by Crippen LogP contribution is -2.46. The molecular formula is C18H29F3N3O4P. The van der Waals surface area contributed by atoms with Crippen LogP contribution in [-0.4, -0.2) is 42.6 Å². The topological polar surface area (TPSA) is 97.0 Å². The summed E-state index contributed by atoms with van der Waals surface area (Å²) in [5, 5.41) is 2.67. The van der Waals surface area contributed by atoms with Crippen LogP contribution in [0.25, 0.3) is 0 Å². The molecule has 0 radical (unpaired) electrons. The quantitative estimate of drug-likeness (QED) is 0.431. The molecule has 1 fully saturated rings. The van der Waals surface area contributed by atoms with Gasteiger partial charge >= 0.3 is 13.8 Å². The first kappa shape index (κ1) is 23.8. The molecule has 1 aromatic rings. The number of benzene rings is 1. The van der Waals surface area contributed by atoms with E-state index >= 15 is 0 Å². The SMILES string of the molecule is CCC(C)OP(=O)(O)CNc1cc(N2CC(C)OC(C)C2)c(C(F)(F)F)cc1N. The van der Waals surface area contributed by atoms with E-state index in [1.165, 1.54) is 6.07 Å². The Morgan fingerprint density at radius 1 is 1.38 bits per heavy atom. The van der Waals surface area contributed by atoms with Crippen LogP contribution in [0.4, 0.5) is 30.2 Å². The first-order chi connectivity index (χ1) is 13.3. The summed E-state index contributed by atoms with van der Waals surface area (Å²) in [5.74, 6) is 0. The van der Waals surface area contributed by atoms with Gasteiger partial charge in [-0.25, -0.2) is 0 Å². The molecule has 1 heterocycles. The maximum Gasteiger partial charge on any atom is 0.418 e. The zero-order valence-corrected chi connectivity index (χ0v) is 17.9. The van der Waals surface area contributed by atoms with Gasteiger partial charge in [0.15, 0.2) is 0 Å². The fraction of sp³-hybridized carbons (Fsp3) is 0.667. The standard InChI is InChI=1S/C18H29F3N3O4P/c1-5-11(2)28-29(25,26)10-23-16-7-17(14(6-15(16)22)18(19,20)21)24-8-12(3)27-13(4)9-24/h6-7,11-13,23H,5,8-10,22H2,1-4H3,(H,25,26). The van der Waals surface area contributed by atoms with Crippen LogP contribution >= 0.6 is 7.60 Å². The fourth-order valence-electron chi connectivity index (χ4n) is 3.20. The van der Waals surface area contributed by atoms with Crippen LogP contribution in [0, 0.1) is 0 Å². The zero-order valence-electron chi connectivity index (χ0n) is 17.0. The minimum absolute atomic E-state index is 0.0492. The highest BCUT2D eigenvalue weighted by Gasteiger charge is 2.37. The highest BCUT2D eigenvalue weighted by molar-refractivity contribution is 7.52. The van der Waals surface area contributed by atoms with Crippen molar-refractivity contribution >= 4 is 24.7 Å². The maximum absolute atomic E-state index is 13.6. The molecule has 4 N–H and O–H groups in total. The van der Waals surface area contributed by atoms with E-state index < -0.39 is 31.7 Å². The van der Waals surface area contributed by atoms with E-state index in [2.05, 4.69) is 5.32 Å². The summed E-state index contributed by atoms with van der Waals surface area (Å²) in [4.78, 5) is 11.6. The molecule has 0 aromatic heterocycles. The van der Waals surface area contributed by atoms with Crippen LogP contribution in [0.2, 0.25) is 0 Å². The second kappa shape index (κ2) is 9.12. The highest BCUT2D eigenvalue weighted by Crippen LogP contribution is 2.45. The van der Waals surface area contributed by atoms with Crippen molar-refractivity contribution in [3.63, 3.8) is 0 Å². The van der Waals surface area contributed by atoms with Crippen LogP contribution < -0.4 is 16.0 Å². The fourth-order valence-corrected chi connectivity index (χ4v) is 4.36. The van der Waals surface area contributed by atoms with Crippen molar-refractivity contribution in [2.75, 3.05) is 35.3 Å². The molecule has 2 rings (SSSR count). The van der Waals surface area contributed by atoms with Gasteiger partial charge in [-0.1, -0.05) is 6.92 Å². The molecule has 1 aliphatic heterocycles. The van der Waals surface area contributed by atoms with Gasteiger partial charge in [-0.15, -0.1) is 0 Å². The molecule has 0 aliphatic carbocycles. The molecule has 0 bridgehead atoms. The number of anilines is 3. The molecule has 1 aromatic carbocycles. The first-order valence-electron chi connectivity index (χ1n) is 9.47. The van der Waals surface area contributed by atoms with Crippen LogP contribution in [0.5, 0.6) is 0 Å². The largest absolute Gasteiger partial charge is 0.418 e. The molecule has 4 atom stereocenters. The molecule has 29 heavy (non-hydrogen) atoms. The van der Waals surface area contributed by atoms with Gasteiger partial charge in [-0.05, 0) is 39.3 Å². The highest BCUT2D eigenvalue weighted by atomic mass is 31.2. The van der Waals surface area contributed by atoms with E-state index in [4.69, 9.17) is 15.0 Å². The van der Waals surface area contributed by atoms with E-state index in [-0.39, 0.29) is 42.4 Å². The van der Waals surface area contributed by atoms with Crippen molar-refractivity contribution in [1.82, 2.24) is 0 Å². The van der Waals surface area contributed by atoms with Gasteiger partial charge in [0.1, 0.15) is 6.29 Å². The van der Waals surface area contributed by atoms with Crippen LogP contribution in [-0.2, 0) is 20.0 Å². The molecule has 0 saturated carbocycles. The van der Waals surface area contributed by atoms with Gasteiger partial charge in [0.2, 0.25) is 0 Å². The molecule has 11 heteroatoms. The number of halogens is 3. The number of morpholine rings is 1. The Kier molecular flexibility index (Phi) is 7.48. The van der Waals surface area contributed by atoms with Crippen molar-refractivity contribution in [3.05, 3.63) is 17.7 Å². The normalized spacial score (nSPS) is 23.5. The van der Waals surface area contributed by atoms with E-state index in [1.807, 2.05) is 6.92 Å². The second-order valence-corrected chi connectivity index (χ2v) is 9.22. The van der Waals surface area contributed by atoms with Gasteiger partial charge in [0.25, 0.3) is 0 Å². The average Bonchev–Trinajstić information content (AvgIpc) is 2.58.